The van der Waals surface area contributed by atoms with Crippen LogP contribution in [-0.2, 0) is 4.79 Å². The molecule has 1 N–H and O–H groups in total. The number of fused-ring (bicyclic) bond motifs is 1. The van der Waals surface area contributed by atoms with Crippen molar-refractivity contribution in [1.82, 2.24) is 4.98 Å². The molecule has 2 aromatic rings. The van der Waals surface area contributed by atoms with Gasteiger partial charge in [-0.2, -0.15) is 0 Å². The maximum atomic E-state index is 11.0. The topological polar surface area (TPSA) is 93.3 Å². The zero-order valence-corrected chi connectivity index (χ0v) is 9.53. The van der Waals surface area contributed by atoms with Crippen LogP contribution in [0, 0.1) is 10.1 Å². The number of hydrogen-bond acceptors (Lipinski definition) is 4. The van der Waals surface area contributed by atoms with E-state index < -0.39 is 16.8 Å². The molecule has 0 aliphatic heterocycles. The second kappa shape index (κ2) is 4.40. The quantitative estimate of drug-likeness (QED) is 0.662. The minimum Gasteiger partial charge on any atom is -0.481 e. The van der Waals surface area contributed by atoms with Crippen molar-refractivity contribution < 1.29 is 14.8 Å². The van der Waals surface area contributed by atoms with Crippen molar-refractivity contribution >= 4 is 22.6 Å². The summed E-state index contributed by atoms with van der Waals surface area (Å²) < 4.78 is 0. The summed E-state index contributed by atoms with van der Waals surface area (Å²) in [4.78, 5) is 25.3. The Bertz CT molecular complexity index is 639. The van der Waals surface area contributed by atoms with Crippen molar-refractivity contribution in [2.75, 3.05) is 0 Å². The summed E-state index contributed by atoms with van der Waals surface area (Å²) in [5.41, 5.74) is 0.622. The minimum atomic E-state index is -0.978. The number of aliphatic carboxylic acids is 1. The van der Waals surface area contributed by atoms with E-state index in [4.69, 9.17) is 5.11 Å². The molecule has 18 heavy (non-hydrogen) atoms. The Labute approximate surface area is 102 Å². The molecule has 1 aromatic carbocycles. The van der Waals surface area contributed by atoms with Crippen molar-refractivity contribution in [2.45, 2.75) is 12.8 Å². The molecule has 0 radical (unpaired) electrons. The molecule has 6 nitrogen and oxygen atoms in total. The summed E-state index contributed by atoms with van der Waals surface area (Å²) in [5.74, 6) is -1.72. The number of pyridine rings is 1. The summed E-state index contributed by atoms with van der Waals surface area (Å²) in [6.07, 6.45) is 1.45. The monoisotopic (exact) mass is 246 g/mol. The smallest absolute Gasteiger partial charge is 0.310 e. The first kappa shape index (κ1) is 12.0. The molecule has 0 saturated heterocycles. The number of carboxylic acid groups (broad SMARTS) is 1. The second-order valence-electron chi connectivity index (χ2n) is 3.89. The van der Waals surface area contributed by atoms with Gasteiger partial charge >= 0.3 is 5.97 Å². The Kier molecular flexibility index (Phi) is 2.93. The van der Waals surface area contributed by atoms with E-state index in [1.807, 2.05) is 0 Å². The van der Waals surface area contributed by atoms with Crippen LogP contribution in [0.3, 0.4) is 0 Å². The van der Waals surface area contributed by atoms with E-state index in [0.29, 0.717) is 10.9 Å². The number of nitro benzene ring substituents is 1. The molecule has 0 spiro atoms. The van der Waals surface area contributed by atoms with Gasteiger partial charge < -0.3 is 5.11 Å². The lowest BCUT2D eigenvalue weighted by atomic mass is 9.96. The largest absolute Gasteiger partial charge is 0.481 e. The van der Waals surface area contributed by atoms with Gasteiger partial charge in [-0.05, 0) is 18.6 Å². The van der Waals surface area contributed by atoms with Crippen LogP contribution in [0.1, 0.15) is 18.4 Å². The molecule has 1 atom stereocenters. The van der Waals surface area contributed by atoms with Crippen LogP contribution in [0.5, 0.6) is 0 Å². The highest BCUT2D eigenvalue weighted by Gasteiger charge is 2.21. The Morgan fingerprint density at radius 3 is 2.78 bits per heavy atom. The van der Waals surface area contributed by atoms with Gasteiger partial charge in [0.25, 0.3) is 5.69 Å². The van der Waals surface area contributed by atoms with E-state index in [9.17, 15) is 14.9 Å². The molecule has 0 saturated carbocycles. The van der Waals surface area contributed by atoms with Crippen LogP contribution < -0.4 is 0 Å². The maximum Gasteiger partial charge on any atom is 0.310 e. The van der Waals surface area contributed by atoms with Gasteiger partial charge in [0.1, 0.15) is 5.52 Å². The lowest BCUT2D eigenvalue weighted by Gasteiger charge is -2.10. The lowest BCUT2D eigenvalue weighted by molar-refractivity contribution is -0.383. The van der Waals surface area contributed by atoms with Gasteiger partial charge in [0.05, 0.1) is 10.8 Å². The third kappa shape index (κ3) is 1.88. The molecule has 0 aliphatic carbocycles. The average Bonchev–Trinajstić information content (AvgIpc) is 2.36. The second-order valence-corrected chi connectivity index (χ2v) is 3.89. The summed E-state index contributed by atoms with van der Waals surface area (Å²) >= 11 is 0. The Balaban J connectivity index is 2.76. The molecule has 1 aromatic heterocycles. The van der Waals surface area contributed by atoms with Gasteiger partial charge in [0, 0.05) is 17.6 Å². The normalized spacial score (nSPS) is 12.3. The molecular formula is C12H10N2O4. The standard InChI is InChI=1S/C12H10N2O4/c1-7(12(15)16)8-4-5-10(14(17)18)11-9(8)3-2-6-13-11/h2-7H,1H3,(H,15,16). The van der Waals surface area contributed by atoms with Crippen molar-refractivity contribution in [1.29, 1.82) is 0 Å². The van der Waals surface area contributed by atoms with Gasteiger partial charge in [-0.1, -0.05) is 12.1 Å². The van der Waals surface area contributed by atoms with Crippen LogP contribution in [0.2, 0.25) is 0 Å². The highest BCUT2D eigenvalue weighted by molar-refractivity contribution is 5.93. The fraction of sp³-hybridized carbons (Fsp3) is 0.167. The van der Waals surface area contributed by atoms with E-state index >= 15 is 0 Å². The number of nitrogens with zero attached hydrogens (tertiary/aromatic N) is 2. The van der Waals surface area contributed by atoms with Crippen LogP contribution >= 0.6 is 0 Å². The summed E-state index contributed by atoms with van der Waals surface area (Å²) in [5, 5.41) is 20.4. The molecule has 1 heterocycles. The maximum absolute atomic E-state index is 11.0. The number of carbonyl (C=O) groups is 1. The molecule has 2 rings (SSSR count). The Morgan fingerprint density at radius 2 is 2.17 bits per heavy atom. The fourth-order valence-corrected chi connectivity index (χ4v) is 1.84. The van der Waals surface area contributed by atoms with Crippen molar-refractivity contribution in [2.24, 2.45) is 0 Å². The lowest BCUT2D eigenvalue weighted by Crippen LogP contribution is -2.08. The van der Waals surface area contributed by atoms with Gasteiger partial charge in [0.2, 0.25) is 0 Å². The van der Waals surface area contributed by atoms with Crippen LogP contribution in [0.25, 0.3) is 10.9 Å². The van der Waals surface area contributed by atoms with Crippen LogP contribution in [-0.4, -0.2) is 21.0 Å². The molecule has 0 bridgehead atoms. The van der Waals surface area contributed by atoms with E-state index in [2.05, 4.69) is 4.98 Å². The Morgan fingerprint density at radius 1 is 1.44 bits per heavy atom. The molecule has 0 aliphatic rings. The third-order valence-electron chi connectivity index (χ3n) is 2.82. The molecular weight excluding hydrogens is 236 g/mol. The van der Waals surface area contributed by atoms with Crippen LogP contribution in [0.15, 0.2) is 30.5 Å². The van der Waals surface area contributed by atoms with Gasteiger partial charge in [0.15, 0.2) is 0 Å². The predicted octanol–water partition coefficient (Wildman–Crippen LogP) is 2.33. The van der Waals surface area contributed by atoms with Gasteiger partial charge in [-0.15, -0.1) is 0 Å². The molecule has 6 heteroatoms. The van der Waals surface area contributed by atoms with Crippen molar-refractivity contribution in [3.8, 4) is 0 Å². The summed E-state index contributed by atoms with van der Waals surface area (Å²) in [6.45, 7) is 1.54. The van der Waals surface area contributed by atoms with E-state index in [1.54, 1.807) is 12.1 Å². The van der Waals surface area contributed by atoms with Gasteiger partial charge in [-0.25, -0.2) is 4.98 Å². The van der Waals surface area contributed by atoms with Crippen LogP contribution in [0.4, 0.5) is 5.69 Å². The van der Waals surface area contributed by atoms with E-state index in [-0.39, 0.29) is 11.2 Å². The highest BCUT2D eigenvalue weighted by Crippen LogP contribution is 2.30. The van der Waals surface area contributed by atoms with E-state index in [1.165, 1.54) is 25.3 Å². The minimum absolute atomic E-state index is 0.119. The number of non-ortho nitro benzene ring substituents is 1. The highest BCUT2D eigenvalue weighted by atomic mass is 16.6. The fourth-order valence-electron chi connectivity index (χ4n) is 1.84. The van der Waals surface area contributed by atoms with Crippen molar-refractivity contribution in [3.63, 3.8) is 0 Å². The summed E-state index contributed by atoms with van der Waals surface area (Å²) in [7, 11) is 0. The zero-order chi connectivity index (χ0) is 13.3. The number of carboxylic acids is 1. The summed E-state index contributed by atoms with van der Waals surface area (Å²) in [6, 6.07) is 6.04. The van der Waals surface area contributed by atoms with E-state index in [0.717, 1.165) is 0 Å². The molecule has 0 amide bonds. The number of rotatable bonds is 3. The Hall–Kier alpha value is -2.50. The molecule has 1 unspecified atom stereocenters. The number of aromatic nitrogens is 1. The molecule has 92 valence electrons. The number of benzene rings is 1. The predicted molar refractivity (Wildman–Crippen MR) is 64.4 cm³/mol. The first-order chi connectivity index (χ1) is 8.52. The van der Waals surface area contributed by atoms with Crippen molar-refractivity contribution in [3.05, 3.63) is 46.1 Å². The molecule has 0 fully saturated rings. The third-order valence-corrected chi connectivity index (χ3v) is 2.82. The first-order valence-electron chi connectivity index (χ1n) is 5.27. The average molecular weight is 246 g/mol. The number of nitro groups is 1. The zero-order valence-electron chi connectivity index (χ0n) is 9.53. The van der Waals surface area contributed by atoms with Gasteiger partial charge in [-0.3, -0.25) is 14.9 Å². The SMILES string of the molecule is CC(C(=O)O)c1ccc([N+](=O)[O-])c2ncccc12. The number of hydrogen-bond donors (Lipinski definition) is 1. The first-order valence-corrected chi connectivity index (χ1v) is 5.27.